The summed E-state index contributed by atoms with van der Waals surface area (Å²) in [6.45, 7) is 11.3. The van der Waals surface area contributed by atoms with E-state index in [1.165, 1.54) is 5.69 Å². The third-order valence-corrected chi connectivity index (χ3v) is 3.22. The van der Waals surface area contributed by atoms with Gasteiger partial charge in [-0.1, -0.05) is 20.8 Å². The number of hydrogen-bond donors (Lipinski definition) is 0. The van der Waals surface area contributed by atoms with Gasteiger partial charge in [0.1, 0.15) is 0 Å². The predicted molar refractivity (Wildman–Crippen MR) is 70.6 cm³/mol. The molecule has 94 valence electrons. The van der Waals surface area contributed by atoms with Gasteiger partial charge in [-0.05, 0) is 19.1 Å². The second-order valence-electron chi connectivity index (χ2n) is 5.77. The molecule has 0 aromatic carbocycles. The molecular weight excluding hydrogens is 212 g/mol. The average molecular weight is 234 g/mol. The molecule has 1 aliphatic rings. The van der Waals surface area contributed by atoms with Crippen LogP contribution in [0.5, 0.6) is 0 Å². The van der Waals surface area contributed by atoms with Crippen LogP contribution in [0.2, 0.25) is 0 Å². The van der Waals surface area contributed by atoms with E-state index >= 15 is 0 Å². The molecule has 0 aliphatic carbocycles. The average Bonchev–Trinajstić information content (AvgIpc) is 2.29. The molecule has 1 aromatic heterocycles. The minimum absolute atomic E-state index is 0.120. The van der Waals surface area contributed by atoms with Gasteiger partial charge in [-0.3, -0.25) is 4.98 Å². The number of hydrogen-bond acceptors (Lipinski definition) is 3. The summed E-state index contributed by atoms with van der Waals surface area (Å²) in [5.41, 5.74) is 2.46. The summed E-state index contributed by atoms with van der Waals surface area (Å²) in [5, 5.41) is 0. The first-order valence-electron chi connectivity index (χ1n) is 6.29. The van der Waals surface area contributed by atoms with E-state index in [-0.39, 0.29) is 5.41 Å². The zero-order valence-electron chi connectivity index (χ0n) is 11.2. The number of pyridine rings is 1. The highest BCUT2D eigenvalue weighted by Gasteiger charge is 2.20. The fourth-order valence-electron chi connectivity index (χ4n) is 2.11. The topological polar surface area (TPSA) is 25.4 Å². The van der Waals surface area contributed by atoms with Crippen LogP contribution in [-0.2, 0) is 10.2 Å². The van der Waals surface area contributed by atoms with E-state index in [1.54, 1.807) is 0 Å². The van der Waals surface area contributed by atoms with Crippen LogP contribution >= 0.6 is 0 Å². The Labute approximate surface area is 104 Å². The van der Waals surface area contributed by atoms with Gasteiger partial charge in [-0.25, -0.2) is 0 Å². The molecule has 1 saturated heterocycles. The molecule has 3 nitrogen and oxygen atoms in total. The normalized spacial score (nSPS) is 21.6. The number of nitrogens with zero attached hydrogens (tertiary/aromatic N) is 2. The van der Waals surface area contributed by atoms with Crippen molar-refractivity contribution in [2.75, 3.05) is 24.7 Å². The largest absolute Gasteiger partial charge is 0.377 e. The van der Waals surface area contributed by atoms with Crippen molar-refractivity contribution in [3.8, 4) is 0 Å². The number of morpholine rings is 1. The molecule has 0 saturated carbocycles. The Morgan fingerprint density at radius 2 is 2.12 bits per heavy atom. The number of aromatic nitrogens is 1. The fourth-order valence-corrected chi connectivity index (χ4v) is 2.11. The quantitative estimate of drug-likeness (QED) is 0.747. The minimum Gasteiger partial charge on any atom is -0.377 e. The van der Waals surface area contributed by atoms with Gasteiger partial charge < -0.3 is 9.64 Å². The van der Waals surface area contributed by atoms with Crippen molar-refractivity contribution >= 4 is 5.69 Å². The van der Waals surface area contributed by atoms with Crippen LogP contribution in [-0.4, -0.2) is 30.8 Å². The van der Waals surface area contributed by atoms with E-state index in [1.807, 2.05) is 6.20 Å². The van der Waals surface area contributed by atoms with E-state index in [4.69, 9.17) is 4.74 Å². The molecule has 1 aromatic rings. The Hall–Kier alpha value is -1.09. The van der Waals surface area contributed by atoms with E-state index in [9.17, 15) is 0 Å². The van der Waals surface area contributed by atoms with Gasteiger partial charge in [0.25, 0.3) is 0 Å². The fraction of sp³-hybridized carbons (Fsp3) is 0.643. The summed E-state index contributed by atoms with van der Waals surface area (Å²) in [4.78, 5) is 6.94. The standard InChI is InChI=1S/C14H22N2O/c1-11-10-17-8-7-16(11)12-5-6-13(15-9-12)14(2,3)4/h5-6,9,11H,7-8,10H2,1-4H3/t11-/m1/s1. The Morgan fingerprint density at radius 1 is 1.35 bits per heavy atom. The molecule has 0 amide bonds. The van der Waals surface area contributed by atoms with Crippen LogP contribution < -0.4 is 4.90 Å². The molecule has 1 atom stereocenters. The zero-order chi connectivity index (χ0) is 12.5. The van der Waals surface area contributed by atoms with Crippen molar-refractivity contribution in [1.82, 2.24) is 4.98 Å². The molecule has 0 unspecified atom stereocenters. The lowest BCUT2D eigenvalue weighted by Crippen LogP contribution is -2.43. The monoisotopic (exact) mass is 234 g/mol. The van der Waals surface area contributed by atoms with Gasteiger partial charge in [0.15, 0.2) is 0 Å². The van der Waals surface area contributed by atoms with E-state index in [0.29, 0.717) is 6.04 Å². The molecule has 0 radical (unpaired) electrons. The third kappa shape index (κ3) is 2.78. The minimum atomic E-state index is 0.120. The first kappa shape index (κ1) is 12.4. The summed E-state index contributed by atoms with van der Waals surface area (Å²) >= 11 is 0. The van der Waals surface area contributed by atoms with Crippen LogP contribution in [0.1, 0.15) is 33.4 Å². The second-order valence-corrected chi connectivity index (χ2v) is 5.77. The highest BCUT2D eigenvalue weighted by atomic mass is 16.5. The lowest BCUT2D eigenvalue weighted by Gasteiger charge is -2.35. The Balaban J connectivity index is 2.17. The second kappa shape index (κ2) is 4.65. The molecule has 3 heteroatoms. The van der Waals surface area contributed by atoms with Gasteiger partial charge in [0, 0.05) is 23.7 Å². The lowest BCUT2D eigenvalue weighted by atomic mass is 9.92. The van der Waals surface area contributed by atoms with Gasteiger partial charge >= 0.3 is 0 Å². The maximum Gasteiger partial charge on any atom is 0.0668 e. The Bertz CT molecular complexity index is 367. The van der Waals surface area contributed by atoms with Crippen LogP contribution in [0, 0.1) is 0 Å². The molecule has 2 heterocycles. The van der Waals surface area contributed by atoms with Crippen molar-refractivity contribution < 1.29 is 4.74 Å². The molecule has 1 aliphatic heterocycles. The van der Waals surface area contributed by atoms with Crippen molar-refractivity contribution in [3.63, 3.8) is 0 Å². The van der Waals surface area contributed by atoms with Crippen molar-refractivity contribution in [2.45, 2.75) is 39.2 Å². The maximum absolute atomic E-state index is 5.45. The number of ether oxygens (including phenoxy) is 1. The Kier molecular flexibility index (Phi) is 3.38. The molecule has 2 rings (SSSR count). The first-order valence-corrected chi connectivity index (χ1v) is 6.29. The third-order valence-electron chi connectivity index (χ3n) is 3.22. The lowest BCUT2D eigenvalue weighted by molar-refractivity contribution is 0.0989. The maximum atomic E-state index is 5.45. The van der Waals surface area contributed by atoms with Gasteiger partial charge in [0.05, 0.1) is 25.1 Å². The van der Waals surface area contributed by atoms with E-state index in [0.717, 1.165) is 25.5 Å². The highest BCUT2D eigenvalue weighted by Crippen LogP contribution is 2.24. The van der Waals surface area contributed by atoms with Gasteiger partial charge in [-0.15, -0.1) is 0 Å². The van der Waals surface area contributed by atoms with Gasteiger partial charge in [0.2, 0.25) is 0 Å². The SMILES string of the molecule is C[C@@H]1COCCN1c1ccc(C(C)(C)C)nc1. The summed E-state index contributed by atoms with van der Waals surface area (Å²) in [6.07, 6.45) is 1.99. The smallest absolute Gasteiger partial charge is 0.0668 e. The summed E-state index contributed by atoms with van der Waals surface area (Å²) in [5.74, 6) is 0. The number of rotatable bonds is 1. The Morgan fingerprint density at radius 3 is 2.65 bits per heavy atom. The molecule has 0 bridgehead atoms. The molecule has 17 heavy (non-hydrogen) atoms. The van der Waals surface area contributed by atoms with Crippen LogP contribution in [0.3, 0.4) is 0 Å². The van der Waals surface area contributed by atoms with Gasteiger partial charge in [-0.2, -0.15) is 0 Å². The predicted octanol–water partition coefficient (Wildman–Crippen LogP) is 2.60. The highest BCUT2D eigenvalue weighted by molar-refractivity contribution is 5.46. The summed E-state index contributed by atoms with van der Waals surface area (Å²) < 4.78 is 5.45. The van der Waals surface area contributed by atoms with E-state index < -0.39 is 0 Å². The summed E-state index contributed by atoms with van der Waals surface area (Å²) in [6, 6.07) is 4.75. The molecular formula is C14H22N2O. The number of anilines is 1. The van der Waals surface area contributed by atoms with Crippen LogP contribution in [0.15, 0.2) is 18.3 Å². The van der Waals surface area contributed by atoms with Crippen LogP contribution in [0.25, 0.3) is 0 Å². The van der Waals surface area contributed by atoms with E-state index in [2.05, 4.69) is 49.7 Å². The van der Waals surface area contributed by atoms with Crippen LogP contribution in [0.4, 0.5) is 5.69 Å². The summed E-state index contributed by atoms with van der Waals surface area (Å²) in [7, 11) is 0. The van der Waals surface area contributed by atoms with Crippen molar-refractivity contribution in [1.29, 1.82) is 0 Å². The molecule has 1 fully saturated rings. The van der Waals surface area contributed by atoms with Crippen molar-refractivity contribution in [3.05, 3.63) is 24.0 Å². The first-order chi connectivity index (χ1) is 7.98. The van der Waals surface area contributed by atoms with Crippen molar-refractivity contribution in [2.24, 2.45) is 0 Å². The molecule has 0 N–H and O–H groups in total. The zero-order valence-corrected chi connectivity index (χ0v) is 11.2. The molecule has 0 spiro atoms.